The van der Waals surface area contributed by atoms with Gasteiger partial charge in [0.25, 0.3) is 11.9 Å². The predicted octanol–water partition coefficient (Wildman–Crippen LogP) is 1.99. The van der Waals surface area contributed by atoms with Crippen LogP contribution >= 0.6 is 0 Å². The van der Waals surface area contributed by atoms with Crippen molar-refractivity contribution in [3.63, 3.8) is 0 Å². The SMILES string of the molecule is CC(=O)O.CC(=O)O.CCCC. The Morgan fingerprint density at radius 3 is 1.00 bits per heavy atom. The van der Waals surface area contributed by atoms with Crippen molar-refractivity contribution >= 4 is 11.9 Å². The third kappa shape index (κ3) is 157000. The van der Waals surface area contributed by atoms with E-state index >= 15 is 0 Å². The highest BCUT2D eigenvalue weighted by atomic mass is 16.4. The summed E-state index contributed by atoms with van der Waals surface area (Å²) < 4.78 is 0. The van der Waals surface area contributed by atoms with Gasteiger partial charge in [0.2, 0.25) is 0 Å². The quantitative estimate of drug-likeness (QED) is 0.643. The molecule has 0 aliphatic heterocycles. The molecule has 2 N–H and O–H groups in total. The Labute approximate surface area is 73.2 Å². The molecule has 4 heteroatoms. The Morgan fingerprint density at radius 2 is 1.00 bits per heavy atom. The van der Waals surface area contributed by atoms with Gasteiger partial charge in [-0.1, -0.05) is 26.7 Å². The van der Waals surface area contributed by atoms with Crippen molar-refractivity contribution in [3.05, 3.63) is 0 Å². The van der Waals surface area contributed by atoms with Gasteiger partial charge in [-0.3, -0.25) is 9.59 Å². The van der Waals surface area contributed by atoms with Crippen LogP contribution in [-0.4, -0.2) is 22.2 Å². The van der Waals surface area contributed by atoms with Gasteiger partial charge in [0.15, 0.2) is 0 Å². The van der Waals surface area contributed by atoms with E-state index in [4.69, 9.17) is 19.8 Å². The summed E-state index contributed by atoms with van der Waals surface area (Å²) in [5, 5.41) is 14.8. The fourth-order valence-corrected chi connectivity index (χ4v) is 0. The molecule has 0 fully saturated rings. The van der Waals surface area contributed by atoms with E-state index in [1.54, 1.807) is 0 Å². The topological polar surface area (TPSA) is 74.6 Å². The Morgan fingerprint density at radius 1 is 0.917 bits per heavy atom. The lowest BCUT2D eigenvalue weighted by atomic mass is 10.4. The van der Waals surface area contributed by atoms with Crippen molar-refractivity contribution in [1.82, 2.24) is 0 Å². The summed E-state index contributed by atoms with van der Waals surface area (Å²) in [7, 11) is 0. The van der Waals surface area contributed by atoms with Crippen molar-refractivity contribution in [3.8, 4) is 0 Å². The van der Waals surface area contributed by atoms with Crippen LogP contribution in [0.3, 0.4) is 0 Å². The third-order valence-electron chi connectivity index (χ3n) is 0.500. The van der Waals surface area contributed by atoms with Gasteiger partial charge in [-0.2, -0.15) is 0 Å². The van der Waals surface area contributed by atoms with Gasteiger partial charge < -0.3 is 10.2 Å². The normalized spacial score (nSPS) is 6.67. The van der Waals surface area contributed by atoms with Crippen LogP contribution in [-0.2, 0) is 9.59 Å². The minimum absolute atomic E-state index is 0.833. The minimum Gasteiger partial charge on any atom is -0.481 e. The van der Waals surface area contributed by atoms with E-state index in [1.165, 1.54) is 12.8 Å². The highest BCUT2D eigenvalue weighted by Gasteiger charge is 1.65. The minimum atomic E-state index is -0.833. The fraction of sp³-hybridized carbons (Fsp3) is 0.750. The molecule has 0 spiro atoms. The van der Waals surface area contributed by atoms with E-state index in [0.717, 1.165) is 13.8 Å². The van der Waals surface area contributed by atoms with Gasteiger partial charge in [0.1, 0.15) is 0 Å². The number of carboxylic acid groups (broad SMARTS) is 2. The first-order chi connectivity index (χ1) is 5.38. The molecule has 0 atom stereocenters. The van der Waals surface area contributed by atoms with Crippen LogP contribution in [0.25, 0.3) is 0 Å². The lowest BCUT2D eigenvalue weighted by molar-refractivity contribution is -0.135. The molecule has 12 heavy (non-hydrogen) atoms. The summed E-state index contributed by atoms with van der Waals surface area (Å²) in [6, 6.07) is 0. The summed E-state index contributed by atoms with van der Waals surface area (Å²) in [6.45, 7) is 6.53. The molecule has 0 aromatic carbocycles. The predicted molar refractivity (Wildman–Crippen MR) is 47.2 cm³/mol. The van der Waals surface area contributed by atoms with Gasteiger partial charge in [0.05, 0.1) is 0 Å². The molecule has 0 radical (unpaired) electrons. The molecule has 0 heterocycles. The van der Waals surface area contributed by atoms with Gasteiger partial charge in [-0.15, -0.1) is 0 Å². The Bertz CT molecular complexity index is 87.6. The average molecular weight is 178 g/mol. The highest BCUT2D eigenvalue weighted by Crippen LogP contribution is 1.76. The standard InChI is InChI=1S/C4H10.2C2H4O2/c1-3-4-2;2*1-2(3)4/h3-4H2,1-2H3;2*1H3,(H,3,4). The van der Waals surface area contributed by atoms with Crippen molar-refractivity contribution < 1.29 is 19.8 Å². The van der Waals surface area contributed by atoms with E-state index in [-0.39, 0.29) is 0 Å². The van der Waals surface area contributed by atoms with Crippen LogP contribution < -0.4 is 0 Å². The first-order valence-electron chi connectivity index (χ1n) is 3.77. The molecular weight excluding hydrogens is 160 g/mol. The number of carboxylic acids is 2. The number of hydrogen-bond donors (Lipinski definition) is 2. The summed E-state index contributed by atoms with van der Waals surface area (Å²) in [6.07, 6.45) is 2.64. The highest BCUT2D eigenvalue weighted by molar-refractivity contribution is 5.63. The molecule has 0 saturated heterocycles. The lowest BCUT2D eigenvalue weighted by Crippen LogP contribution is -1.78. The smallest absolute Gasteiger partial charge is 0.300 e. The Balaban J connectivity index is -0.000000101. The first-order valence-corrected chi connectivity index (χ1v) is 3.77. The van der Waals surface area contributed by atoms with E-state index < -0.39 is 11.9 Å². The molecule has 0 aromatic heterocycles. The number of unbranched alkanes of at least 4 members (excludes halogenated alkanes) is 1. The summed E-state index contributed by atoms with van der Waals surface area (Å²) >= 11 is 0. The zero-order chi connectivity index (χ0) is 10.6. The van der Waals surface area contributed by atoms with Crippen molar-refractivity contribution in [2.24, 2.45) is 0 Å². The molecule has 0 rings (SSSR count). The molecule has 0 amide bonds. The van der Waals surface area contributed by atoms with Crippen LogP contribution in [0, 0.1) is 0 Å². The number of rotatable bonds is 1. The fourth-order valence-electron chi connectivity index (χ4n) is 0. The number of aliphatic carboxylic acids is 2. The lowest BCUT2D eigenvalue weighted by Gasteiger charge is -1.68. The van der Waals surface area contributed by atoms with Crippen LogP contribution in [0.4, 0.5) is 0 Å². The molecule has 74 valence electrons. The molecule has 0 aromatic rings. The molecule has 0 aliphatic carbocycles. The second kappa shape index (κ2) is 16.5. The third-order valence-corrected chi connectivity index (χ3v) is 0.500. The van der Waals surface area contributed by atoms with Crippen molar-refractivity contribution in [1.29, 1.82) is 0 Å². The summed E-state index contributed by atoms with van der Waals surface area (Å²) in [5.74, 6) is -1.67. The van der Waals surface area contributed by atoms with E-state index in [1.807, 2.05) is 0 Å². The monoisotopic (exact) mass is 178 g/mol. The van der Waals surface area contributed by atoms with E-state index in [2.05, 4.69) is 13.8 Å². The Hall–Kier alpha value is -1.06. The van der Waals surface area contributed by atoms with E-state index in [9.17, 15) is 0 Å². The van der Waals surface area contributed by atoms with Crippen molar-refractivity contribution in [2.45, 2.75) is 40.5 Å². The molecule has 0 bridgehead atoms. The zero-order valence-electron chi connectivity index (χ0n) is 8.13. The van der Waals surface area contributed by atoms with Gasteiger partial charge in [0, 0.05) is 13.8 Å². The number of carbonyl (C=O) groups is 2. The Kier molecular flexibility index (Phi) is 23.6. The summed E-state index contributed by atoms with van der Waals surface area (Å²) in [5.41, 5.74) is 0. The maximum Gasteiger partial charge on any atom is 0.300 e. The second-order valence-corrected chi connectivity index (χ2v) is 2.04. The van der Waals surface area contributed by atoms with E-state index in [0.29, 0.717) is 0 Å². The van der Waals surface area contributed by atoms with Crippen molar-refractivity contribution in [2.75, 3.05) is 0 Å². The van der Waals surface area contributed by atoms with Crippen LogP contribution in [0.2, 0.25) is 0 Å². The summed E-state index contributed by atoms with van der Waals surface area (Å²) in [4.78, 5) is 18.0. The van der Waals surface area contributed by atoms with Gasteiger partial charge >= 0.3 is 0 Å². The maximum atomic E-state index is 9.00. The largest absolute Gasteiger partial charge is 0.481 e. The van der Waals surface area contributed by atoms with Crippen LogP contribution in [0.15, 0.2) is 0 Å². The molecule has 0 unspecified atom stereocenters. The average Bonchev–Trinajstić information content (AvgIpc) is 1.85. The first kappa shape index (κ1) is 17.1. The zero-order valence-corrected chi connectivity index (χ0v) is 8.13. The maximum absolute atomic E-state index is 9.00. The van der Waals surface area contributed by atoms with Crippen LogP contribution in [0.1, 0.15) is 40.5 Å². The second-order valence-electron chi connectivity index (χ2n) is 2.04. The molecule has 0 saturated carbocycles. The van der Waals surface area contributed by atoms with Gasteiger partial charge in [-0.05, 0) is 0 Å². The molecule has 0 aliphatic rings. The van der Waals surface area contributed by atoms with Crippen LogP contribution in [0.5, 0.6) is 0 Å². The molecule has 4 nitrogen and oxygen atoms in total. The molecular formula is C8H18O4. The van der Waals surface area contributed by atoms with Gasteiger partial charge in [-0.25, -0.2) is 0 Å². The number of hydrogen-bond acceptors (Lipinski definition) is 2.